The Hall–Kier alpha value is -2.64. The van der Waals surface area contributed by atoms with Crippen LogP contribution in [0.4, 0.5) is 4.79 Å². The maximum Gasteiger partial charge on any atom is 0.294 e. The third-order valence-electron chi connectivity index (χ3n) is 4.84. The second-order valence-electron chi connectivity index (χ2n) is 6.78. The molecule has 0 aliphatic carbocycles. The van der Waals surface area contributed by atoms with Crippen molar-refractivity contribution in [3.63, 3.8) is 0 Å². The van der Waals surface area contributed by atoms with Gasteiger partial charge in [0, 0.05) is 13.2 Å². The zero-order valence-corrected chi connectivity index (χ0v) is 16.0. The minimum atomic E-state index is -0.435. The van der Waals surface area contributed by atoms with Crippen LogP contribution in [0.3, 0.4) is 0 Å². The molecule has 1 N–H and O–H groups in total. The van der Waals surface area contributed by atoms with Crippen molar-refractivity contribution in [2.24, 2.45) is 0 Å². The molecule has 4 rings (SSSR count). The molecular weight excluding hydrogens is 376 g/mol. The lowest BCUT2D eigenvalue weighted by Crippen LogP contribution is -2.41. The minimum Gasteiger partial charge on any atom is -0.376 e. The molecule has 0 saturated carbocycles. The lowest BCUT2D eigenvalue weighted by molar-refractivity contribution is -0.129. The SMILES string of the molecule is O=C(CN1C(=O)S/C(=C\c2cccc3ccccc23)C1=O)NC[C@@H]1CCCO1. The largest absolute Gasteiger partial charge is 0.376 e. The predicted molar refractivity (Wildman–Crippen MR) is 109 cm³/mol. The first kappa shape index (κ1) is 18.7. The molecule has 6 nitrogen and oxygen atoms in total. The number of hydrogen-bond donors (Lipinski definition) is 1. The number of fused-ring (bicyclic) bond motifs is 1. The van der Waals surface area contributed by atoms with E-state index in [1.807, 2.05) is 42.5 Å². The van der Waals surface area contributed by atoms with E-state index in [-0.39, 0.29) is 18.6 Å². The highest BCUT2D eigenvalue weighted by molar-refractivity contribution is 8.18. The van der Waals surface area contributed by atoms with Crippen molar-refractivity contribution in [2.75, 3.05) is 19.7 Å². The molecule has 2 aliphatic rings. The number of rotatable bonds is 5. The lowest BCUT2D eigenvalue weighted by Gasteiger charge is -2.14. The number of hydrogen-bond acceptors (Lipinski definition) is 5. The molecule has 7 heteroatoms. The summed E-state index contributed by atoms with van der Waals surface area (Å²) in [4.78, 5) is 38.4. The van der Waals surface area contributed by atoms with Crippen molar-refractivity contribution in [2.45, 2.75) is 18.9 Å². The number of carbonyl (C=O) groups is 3. The fraction of sp³-hybridized carbons (Fsp3) is 0.286. The molecule has 0 unspecified atom stereocenters. The first-order valence-electron chi connectivity index (χ1n) is 9.23. The Kier molecular flexibility index (Phi) is 5.45. The van der Waals surface area contributed by atoms with E-state index in [4.69, 9.17) is 4.74 Å². The fourth-order valence-electron chi connectivity index (χ4n) is 3.39. The van der Waals surface area contributed by atoms with E-state index >= 15 is 0 Å². The van der Waals surface area contributed by atoms with Crippen LogP contribution < -0.4 is 5.32 Å². The quantitative estimate of drug-likeness (QED) is 0.786. The molecule has 0 spiro atoms. The van der Waals surface area contributed by atoms with Crippen molar-refractivity contribution in [1.29, 1.82) is 0 Å². The molecule has 2 aliphatic heterocycles. The van der Waals surface area contributed by atoms with Crippen molar-refractivity contribution in [1.82, 2.24) is 10.2 Å². The molecule has 1 atom stereocenters. The van der Waals surface area contributed by atoms with Crippen LogP contribution >= 0.6 is 11.8 Å². The maximum absolute atomic E-state index is 12.7. The van der Waals surface area contributed by atoms with Gasteiger partial charge in [-0.3, -0.25) is 19.3 Å². The average Bonchev–Trinajstić information content (AvgIpc) is 3.31. The summed E-state index contributed by atoms with van der Waals surface area (Å²) in [6.45, 7) is 0.841. The van der Waals surface area contributed by atoms with Crippen molar-refractivity contribution in [3.8, 4) is 0 Å². The molecule has 2 aromatic rings. The lowest BCUT2D eigenvalue weighted by atomic mass is 10.0. The van der Waals surface area contributed by atoms with Crippen LogP contribution in [0.25, 0.3) is 16.8 Å². The van der Waals surface area contributed by atoms with E-state index in [1.54, 1.807) is 6.08 Å². The van der Waals surface area contributed by atoms with Gasteiger partial charge in [0.25, 0.3) is 11.1 Å². The van der Waals surface area contributed by atoms with Crippen LogP contribution in [0.1, 0.15) is 18.4 Å². The summed E-state index contributed by atoms with van der Waals surface area (Å²) >= 11 is 0.864. The van der Waals surface area contributed by atoms with Gasteiger partial charge >= 0.3 is 0 Å². The highest BCUT2D eigenvalue weighted by atomic mass is 32.2. The zero-order valence-electron chi connectivity index (χ0n) is 15.2. The van der Waals surface area contributed by atoms with Crippen molar-refractivity contribution < 1.29 is 19.1 Å². The highest BCUT2D eigenvalue weighted by Crippen LogP contribution is 2.33. The van der Waals surface area contributed by atoms with Crippen LogP contribution in [0, 0.1) is 0 Å². The molecule has 144 valence electrons. The Morgan fingerprint density at radius 1 is 1.21 bits per heavy atom. The van der Waals surface area contributed by atoms with Crippen LogP contribution in [-0.4, -0.2) is 47.8 Å². The van der Waals surface area contributed by atoms with E-state index in [0.717, 1.165) is 45.8 Å². The summed E-state index contributed by atoms with van der Waals surface area (Å²) in [5, 5.41) is 4.38. The van der Waals surface area contributed by atoms with E-state index in [0.29, 0.717) is 18.1 Å². The van der Waals surface area contributed by atoms with Gasteiger partial charge in [-0.05, 0) is 47.0 Å². The van der Waals surface area contributed by atoms with E-state index in [9.17, 15) is 14.4 Å². The summed E-state index contributed by atoms with van der Waals surface area (Å²) in [6, 6.07) is 13.7. The van der Waals surface area contributed by atoms with Gasteiger partial charge < -0.3 is 10.1 Å². The van der Waals surface area contributed by atoms with E-state index in [1.165, 1.54) is 0 Å². The molecule has 3 amide bonds. The number of imide groups is 1. The molecule has 28 heavy (non-hydrogen) atoms. The standard InChI is InChI=1S/C21H20N2O4S/c24-19(22-12-16-8-4-10-27-16)13-23-20(25)18(28-21(23)26)11-15-7-3-6-14-5-1-2-9-17(14)15/h1-3,5-7,9,11,16H,4,8,10,12-13H2,(H,22,24)/b18-11-/t16-/m0/s1. The fourth-order valence-corrected chi connectivity index (χ4v) is 4.22. The topological polar surface area (TPSA) is 75.7 Å². The van der Waals surface area contributed by atoms with Crippen LogP contribution in [0.2, 0.25) is 0 Å². The number of benzene rings is 2. The molecule has 2 saturated heterocycles. The summed E-state index contributed by atoms with van der Waals surface area (Å²) in [6.07, 6.45) is 3.64. The molecule has 0 aromatic heterocycles. The van der Waals surface area contributed by atoms with Gasteiger partial charge in [-0.15, -0.1) is 0 Å². The molecular formula is C21H20N2O4S. The number of carbonyl (C=O) groups excluding carboxylic acids is 3. The number of ether oxygens (including phenoxy) is 1. The van der Waals surface area contributed by atoms with Gasteiger partial charge in [-0.1, -0.05) is 42.5 Å². The van der Waals surface area contributed by atoms with Crippen LogP contribution in [0.15, 0.2) is 47.4 Å². The Morgan fingerprint density at radius 2 is 2.04 bits per heavy atom. The second kappa shape index (κ2) is 8.16. The number of thioether (sulfide) groups is 1. The third kappa shape index (κ3) is 3.95. The molecule has 0 bridgehead atoms. The number of amides is 3. The van der Waals surface area contributed by atoms with Crippen molar-refractivity contribution in [3.05, 3.63) is 52.9 Å². The molecule has 0 radical (unpaired) electrons. The smallest absolute Gasteiger partial charge is 0.294 e. The van der Waals surface area contributed by atoms with Gasteiger partial charge in [-0.25, -0.2) is 0 Å². The maximum atomic E-state index is 12.7. The monoisotopic (exact) mass is 396 g/mol. The Morgan fingerprint density at radius 3 is 2.86 bits per heavy atom. The zero-order chi connectivity index (χ0) is 19.5. The molecule has 2 aromatic carbocycles. The summed E-state index contributed by atoms with van der Waals surface area (Å²) in [7, 11) is 0. The first-order chi connectivity index (χ1) is 13.6. The predicted octanol–water partition coefficient (Wildman–Crippen LogP) is 3.17. The van der Waals surface area contributed by atoms with E-state index in [2.05, 4.69) is 5.32 Å². The van der Waals surface area contributed by atoms with Crippen LogP contribution in [-0.2, 0) is 14.3 Å². The van der Waals surface area contributed by atoms with Crippen LogP contribution in [0.5, 0.6) is 0 Å². The average molecular weight is 396 g/mol. The normalized spacial score (nSPS) is 21.1. The molecule has 2 heterocycles. The van der Waals surface area contributed by atoms with Gasteiger partial charge in [0.05, 0.1) is 11.0 Å². The van der Waals surface area contributed by atoms with Gasteiger partial charge in [0.1, 0.15) is 6.54 Å². The Labute approximate surface area is 166 Å². The Balaban J connectivity index is 1.46. The van der Waals surface area contributed by atoms with Crippen molar-refractivity contribution >= 4 is 45.7 Å². The summed E-state index contributed by atoms with van der Waals surface area (Å²) in [5.74, 6) is -0.792. The summed E-state index contributed by atoms with van der Waals surface area (Å²) < 4.78 is 5.46. The molecule has 2 fully saturated rings. The second-order valence-corrected chi connectivity index (χ2v) is 7.77. The van der Waals surface area contributed by atoms with Gasteiger partial charge in [-0.2, -0.15) is 0 Å². The Bertz CT molecular complexity index is 961. The van der Waals surface area contributed by atoms with E-state index < -0.39 is 11.1 Å². The van der Waals surface area contributed by atoms with Gasteiger partial charge in [0.15, 0.2) is 0 Å². The number of nitrogens with zero attached hydrogens (tertiary/aromatic N) is 1. The highest BCUT2D eigenvalue weighted by Gasteiger charge is 2.36. The minimum absolute atomic E-state index is 0.0186. The van der Waals surface area contributed by atoms with Gasteiger partial charge in [0.2, 0.25) is 5.91 Å². The first-order valence-corrected chi connectivity index (χ1v) is 10.0. The number of nitrogens with one attached hydrogen (secondary N) is 1. The summed E-state index contributed by atoms with van der Waals surface area (Å²) in [5.41, 5.74) is 0.867. The third-order valence-corrected chi connectivity index (χ3v) is 5.74.